The minimum atomic E-state index is 0.633. The van der Waals surface area contributed by atoms with Gasteiger partial charge in [0, 0.05) is 24.2 Å². The van der Waals surface area contributed by atoms with Crippen LogP contribution in [0.3, 0.4) is 0 Å². The van der Waals surface area contributed by atoms with Crippen LogP contribution < -0.4 is 4.90 Å². The van der Waals surface area contributed by atoms with Crippen LogP contribution in [0.5, 0.6) is 0 Å². The normalized spacial score (nSPS) is 13.8. The Kier molecular flexibility index (Phi) is 5.31. The minimum Gasteiger partial charge on any atom is -0.355 e. The summed E-state index contributed by atoms with van der Waals surface area (Å²) in [4.78, 5) is 18.2. The second-order valence-electron chi connectivity index (χ2n) is 8.11. The molecule has 0 aliphatic heterocycles. The van der Waals surface area contributed by atoms with Crippen molar-refractivity contribution in [2.45, 2.75) is 66.2 Å². The van der Waals surface area contributed by atoms with Crippen molar-refractivity contribution < 1.29 is 0 Å². The quantitative estimate of drug-likeness (QED) is 0.537. The highest BCUT2D eigenvalue weighted by molar-refractivity contribution is 7.26. The van der Waals surface area contributed by atoms with Crippen molar-refractivity contribution in [3.05, 3.63) is 23.1 Å². The van der Waals surface area contributed by atoms with E-state index in [1.807, 2.05) is 0 Å². The molecule has 5 heteroatoms. The van der Waals surface area contributed by atoms with E-state index in [-0.39, 0.29) is 0 Å². The van der Waals surface area contributed by atoms with Crippen LogP contribution in [0.15, 0.2) is 6.33 Å². The molecule has 0 fully saturated rings. The van der Waals surface area contributed by atoms with Gasteiger partial charge in [-0.2, -0.15) is 0 Å². The number of anilines is 1. The first-order valence-corrected chi connectivity index (χ1v) is 11.3. The second kappa shape index (κ2) is 7.70. The smallest absolute Gasteiger partial charge is 0.150 e. The van der Waals surface area contributed by atoms with E-state index in [1.165, 1.54) is 39.7 Å². The highest BCUT2D eigenvalue weighted by atomic mass is 32.1. The predicted octanol–water partition coefficient (Wildman–Crippen LogP) is 5.55. The molecule has 0 unspecified atom stereocenters. The first kappa shape index (κ1) is 18.6. The molecule has 1 aliphatic carbocycles. The van der Waals surface area contributed by atoms with Crippen molar-refractivity contribution in [2.75, 3.05) is 18.0 Å². The summed E-state index contributed by atoms with van der Waals surface area (Å²) in [7, 11) is 0. The molecular weight excluding hydrogens is 352 g/mol. The Bertz CT molecular complexity index is 954. The Morgan fingerprint density at radius 2 is 1.81 bits per heavy atom. The molecule has 0 spiro atoms. The lowest BCUT2D eigenvalue weighted by Gasteiger charge is -2.22. The van der Waals surface area contributed by atoms with Gasteiger partial charge >= 0.3 is 0 Å². The zero-order chi connectivity index (χ0) is 19.0. The molecule has 0 saturated heterocycles. The van der Waals surface area contributed by atoms with Crippen LogP contribution in [0.25, 0.3) is 20.4 Å². The highest BCUT2D eigenvalue weighted by Crippen LogP contribution is 2.42. The van der Waals surface area contributed by atoms with Crippen LogP contribution in [0.4, 0.5) is 5.82 Å². The SMILES string of the molecule is CCCN(CCC)c1ncnc2c1sc1nc(CC(C)C)c3c(c12)CCC3. The molecule has 144 valence electrons. The third-order valence-electron chi connectivity index (χ3n) is 5.43. The molecule has 0 bridgehead atoms. The first-order chi connectivity index (χ1) is 13.1. The largest absolute Gasteiger partial charge is 0.355 e. The lowest BCUT2D eigenvalue weighted by atomic mass is 9.99. The van der Waals surface area contributed by atoms with Crippen LogP contribution in [-0.4, -0.2) is 28.0 Å². The number of hydrogen-bond acceptors (Lipinski definition) is 5. The zero-order valence-corrected chi connectivity index (χ0v) is 17.8. The van der Waals surface area contributed by atoms with Crippen molar-refractivity contribution in [3.8, 4) is 0 Å². The number of fused-ring (bicyclic) bond motifs is 5. The Labute approximate surface area is 166 Å². The maximum Gasteiger partial charge on any atom is 0.150 e. The van der Waals surface area contributed by atoms with Crippen molar-refractivity contribution >= 4 is 37.6 Å². The van der Waals surface area contributed by atoms with Gasteiger partial charge in [0.15, 0.2) is 0 Å². The molecule has 0 saturated carbocycles. The summed E-state index contributed by atoms with van der Waals surface area (Å²) in [6.45, 7) is 11.1. The Morgan fingerprint density at radius 1 is 1.07 bits per heavy atom. The molecule has 27 heavy (non-hydrogen) atoms. The van der Waals surface area contributed by atoms with E-state index in [9.17, 15) is 0 Å². The topological polar surface area (TPSA) is 41.9 Å². The summed E-state index contributed by atoms with van der Waals surface area (Å²) in [5, 5.41) is 1.31. The van der Waals surface area contributed by atoms with Gasteiger partial charge in [0.2, 0.25) is 0 Å². The number of thiophene rings is 1. The summed E-state index contributed by atoms with van der Waals surface area (Å²) < 4.78 is 1.22. The Morgan fingerprint density at radius 3 is 2.52 bits per heavy atom. The average Bonchev–Trinajstić information content (AvgIpc) is 3.24. The van der Waals surface area contributed by atoms with E-state index < -0.39 is 0 Å². The number of nitrogens with zero attached hydrogens (tertiary/aromatic N) is 4. The summed E-state index contributed by atoms with van der Waals surface area (Å²) in [5.41, 5.74) is 5.48. The van der Waals surface area contributed by atoms with Gasteiger partial charge in [-0.05, 0) is 55.6 Å². The van der Waals surface area contributed by atoms with Crippen LogP contribution in [-0.2, 0) is 19.3 Å². The van der Waals surface area contributed by atoms with E-state index in [0.717, 1.165) is 54.9 Å². The van der Waals surface area contributed by atoms with Crippen LogP contribution in [0, 0.1) is 5.92 Å². The fourth-order valence-electron chi connectivity index (χ4n) is 4.41. The molecule has 4 nitrogen and oxygen atoms in total. The number of aryl methyl sites for hydroxylation is 1. The van der Waals surface area contributed by atoms with Gasteiger partial charge in [-0.25, -0.2) is 15.0 Å². The molecule has 1 aliphatic rings. The number of pyridine rings is 1. The molecule has 3 aromatic rings. The van der Waals surface area contributed by atoms with Crippen LogP contribution in [0.1, 0.15) is 63.8 Å². The minimum absolute atomic E-state index is 0.633. The Balaban J connectivity index is 1.94. The average molecular weight is 383 g/mol. The molecule has 4 rings (SSSR count). The Hall–Kier alpha value is -1.75. The van der Waals surface area contributed by atoms with Gasteiger partial charge in [-0.1, -0.05) is 27.7 Å². The number of rotatable bonds is 7. The van der Waals surface area contributed by atoms with E-state index in [0.29, 0.717) is 5.92 Å². The highest BCUT2D eigenvalue weighted by Gasteiger charge is 2.25. The van der Waals surface area contributed by atoms with Crippen molar-refractivity contribution in [1.29, 1.82) is 0 Å². The molecule has 0 amide bonds. The molecule has 0 radical (unpaired) electrons. The van der Waals surface area contributed by atoms with Gasteiger partial charge in [0.05, 0.1) is 10.2 Å². The fourth-order valence-corrected chi connectivity index (χ4v) is 5.60. The lowest BCUT2D eigenvalue weighted by Crippen LogP contribution is -2.25. The molecule has 3 aromatic heterocycles. The van der Waals surface area contributed by atoms with Crippen molar-refractivity contribution in [1.82, 2.24) is 15.0 Å². The van der Waals surface area contributed by atoms with Gasteiger partial charge < -0.3 is 4.90 Å². The summed E-state index contributed by atoms with van der Waals surface area (Å²) in [6, 6.07) is 0. The van der Waals surface area contributed by atoms with Crippen LogP contribution >= 0.6 is 11.3 Å². The molecular formula is C22H30N4S. The van der Waals surface area contributed by atoms with Crippen molar-refractivity contribution in [2.24, 2.45) is 5.92 Å². The third-order valence-corrected chi connectivity index (χ3v) is 6.50. The van der Waals surface area contributed by atoms with Crippen LogP contribution in [0.2, 0.25) is 0 Å². The van der Waals surface area contributed by atoms with Gasteiger partial charge in [-0.3, -0.25) is 0 Å². The van der Waals surface area contributed by atoms with E-state index in [1.54, 1.807) is 17.7 Å². The zero-order valence-electron chi connectivity index (χ0n) is 17.0. The maximum atomic E-state index is 5.15. The monoisotopic (exact) mass is 382 g/mol. The standard InChI is InChI=1S/C22H30N4S/c1-5-10-26(11-6-2)21-20-19(23-13-24-21)18-16-9-7-8-15(16)17(12-14(3)4)25-22(18)27-20/h13-14H,5-12H2,1-4H3. The second-order valence-corrected chi connectivity index (χ2v) is 9.11. The van der Waals surface area contributed by atoms with E-state index in [2.05, 4.69) is 32.6 Å². The molecule has 0 N–H and O–H groups in total. The molecule has 0 atom stereocenters. The van der Waals surface area contributed by atoms with E-state index >= 15 is 0 Å². The number of hydrogen-bond donors (Lipinski definition) is 0. The summed E-state index contributed by atoms with van der Waals surface area (Å²) in [5.74, 6) is 1.73. The van der Waals surface area contributed by atoms with E-state index in [4.69, 9.17) is 15.0 Å². The predicted molar refractivity (Wildman–Crippen MR) is 116 cm³/mol. The fraction of sp³-hybridized carbons (Fsp3) is 0.591. The lowest BCUT2D eigenvalue weighted by molar-refractivity contribution is 0.632. The third kappa shape index (κ3) is 3.31. The number of aromatic nitrogens is 3. The first-order valence-electron chi connectivity index (χ1n) is 10.5. The molecule has 0 aromatic carbocycles. The summed E-state index contributed by atoms with van der Waals surface area (Å²) >= 11 is 1.80. The van der Waals surface area contributed by atoms with Gasteiger partial charge in [0.1, 0.15) is 17.0 Å². The summed E-state index contributed by atoms with van der Waals surface area (Å²) in [6.07, 6.45) is 8.67. The molecule has 3 heterocycles. The van der Waals surface area contributed by atoms with Gasteiger partial charge in [-0.15, -0.1) is 11.3 Å². The van der Waals surface area contributed by atoms with Crippen molar-refractivity contribution in [3.63, 3.8) is 0 Å². The maximum absolute atomic E-state index is 5.15. The van der Waals surface area contributed by atoms with Gasteiger partial charge in [0.25, 0.3) is 0 Å².